The van der Waals surface area contributed by atoms with Crippen LogP contribution in [-0.2, 0) is 13.1 Å². The van der Waals surface area contributed by atoms with Gasteiger partial charge in [0.1, 0.15) is 0 Å². The molecule has 0 fully saturated rings. The molecule has 11 heteroatoms. The highest BCUT2D eigenvalue weighted by atomic mass is 16.5. The predicted octanol–water partition coefficient (Wildman–Crippen LogP) is -0.833. The van der Waals surface area contributed by atoms with E-state index < -0.39 is 12.0 Å². The summed E-state index contributed by atoms with van der Waals surface area (Å²) in [7, 11) is 0. The number of hydrogen-bond acceptors (Lipinski definition) is 7. The van der Waals surface area contributed by atoms with Crippen molar-refractivity contribution >= 4 is 12.0 Å². The van der Waals surface area contributed by atoms with E-state index in [-0.39, 0.29) is 18.8 Å². The van der Waals surface area contributed by atoms with Gasteiger partial charge in [0.2, 0.25) is 5.89 Å². The van der Waals surface area contributed by atoms with E-state index in [1.807, 2.05) is 0 Å². The largest absolute Gasteiger partial charge is 0.476 e. The van der Waals surface area contributed by atoms with Gasteiger partial charge in [0.05, 0.1) is 19.3 Å². The molecule has 112 valence electrons. The fourth-order valence-electron chi connectivity index (χ4n) is 1.42. The van der Waals surface area contributed by atoms with Crippen LogP contribution in [0, 0.1) is 6.92 Å². The van der Waals surface area contributed by atoms with E-state index in [1.165, 1.54) is 10.9 Å². The minimum atomic E-state index is -1.15. The smallest absolute Gasteiger partial charge is 0.358 e. The second-order valence-electron chi connectivity index (χ2n) is 4.01. The molecular weight excluding hydrogens is 282 g/mol. The number of carboxylic acid groups (broad SMARTS) is 1. The molecule has 2 heterocycles. The lowest BCUT2D eigenvalue weighted by Crippen LogP contribution is -2.37. The van der Waals surface area contributed by atoms with E-state index in [0.717, 1.165) is 0 Å². The molecule has 2 aromatic rings. The van der Waals surface area contributed by atoms with Gasteiger partial charge in [-0.3, -0.25) is 0 Å². The van der Waals surface area contributed by atoms with Crippen LogP contribution in [0.3, 0.4) is 0 Å². The van der Waals surface area contributed by atoms with E-state index in [4.69, 9.17) is 9.63 Å². The lowest BCUT2D eigenvalue weighted by Gasteiger charge is -2.05. The summed E-state index contributed by atoms with van der Waals surface area (Å²) in [6, 6.07) is -0.406. The lowest BCUT2D eigenvalue weighted by atomic mass is 10.5. The molecule has 0 aliphatic rings. The van der Waals surface area contributed by atoms with Gasteiger partial charge in [0.25, 0.3) is 0 Å². The van der Waals surface area contributed by atoms with Crippen LogP contribution in [0.15, 0.2) is 10.7 Å². The first kappa shape index (κ1) is 14.4. The van der Waals surface area contributed by atoms with Crippen molar-refractivity contribution in [2.24, 2.45) is 0 Å². The summed E-state index contributed by atoms with van der Waals surface area (Å²) in [5, 5.41) is 24.5. The monoisotopic (exact) mass is 295 g/mol. The van der Waals surface area contributed by atoms with Gasteiger partial charge < -0.3 is 20.3 Å². The number of hydrogen-bond donors (Lipinski definition) is 3. The van der Waals surface area contributed by atoms with Crippen molar-refractivity contribution in [2.45, 2.75) is 20.0 Å². The van der Waals surface area contributed by atoms with Gasteiger partial charge >= 0.3 is 12.0 Å². The predicted molar refractivity (Wildman–Crippen MR) is 66.3 cm³/mol. The minimum absolute atomic E-state index is 0.146. The molecule has 0 aliphatic carbocycles. The third kappa shape index (κ3) is 4.26. The number of nitrogens with one attached hydrogen (secondary N) is 2. The zero-order valence-corrected chi connectivity index (χ0v) is 11.1. The second-order valence-corrected chi connectivity index (χ2v) is 4.01. The van der Waals surface area contributed by atoms with Gasteiger partial charge in [-0.2, -0.15) is 4.98 Å². The summed E-state index contributed by atoms with van der Waals surface area (Å²) >= 11 is 0. The summed E-state index contributed by atoms with van der Waals surface area (Å²) in [6.07, 6.45) is 1.28. The molecule has 0 spiro atoms. The van der Waals surface area contributed by atoms with Crippen molar-refractivity contribution in [1.82, 2.24) is 35.8 Å². The summed E-state index contributed by atoms with van der Waals surface area (Å²) in [4.78, 5) is 26.0. The standard InChI is InChI=1S/C10H13N7O4/c1-6-13-8(15-21-6)4-12-10(20)11-2-3-17-5-7(9(18)19)14-16-17/h5H,2-4H2,1H3,(H,18,19)(H2,11,12,20). The Morgan fingerprint density at radius 2 is 2.24 bits per heavy atom. The summed E-state index contributed by atoms with van der Waals surface area (Å²) in [5.74, 6) is -0.347. The van der Waals surface area contributed by atoms with E-state index in [2.05, 4.69) is 31.1 Å². The fraction of sp³-hybridized carbons (Fsp3) is 0.400. The topological polar surface area (TPSA) is 148 Å². The molecule has 0 unspecified atom stereocenters. The number of aromatic carboxylic acids is 1. The van der Waals surface area contributed by atoms with E-state index in [1.54, 1.807) is 6.92 Å². The average molecular weight is 295 g/mol. The molecule has 0 radical (unpaired) electrons. The molecule has 2 rings (SSSR count). The van der Waals surface area contributed by atoms with E-state index >= 15 is 0 Å². The Morgan fingerprint density at radius 1 is 1.43 bits per heavy atom. The maximum Gasteiger partial charge on any atom is 0.358 e. The Balaban J connectivity index is 1.67. The van der Waals surface area contributed by atoms with Crippen LogP contribution in [0.25, 0.3) is 0 Å². The second kappa shape index (κ2) is 6.45. The molecule has 0 atom stereocenters. The van der Waals surface area contributed by atoms with Gasteiger partial charge in [-0.25, -0.2) is 14.3 Å². The van der Waals surface area contributed by atoms with Crippen molar-refractivity contribution < 1.29 is 19.2 Å². The third-order valence-corrected chi connectivity index (χ3v) is 2.36. The van der Waals surface area contributed by atoms with Gasteiger partial charge in [-0.05, 0) is 0 Å². The van der Waals surface area contributed by atoms with Crippen LogP contribution in [-0.4, -0.2) is 48.8 Å². The van der Waals surface area contributed by atoms with Crippen molar-refractivity contribution in [2.75, 3.05) is 6.54 Å². The number of carbonyl (C=O) groups is 2. The van der Waals surface area contributed by atoms with Crippen LogP contribution in [0.2, 0.25) is 0 Å². The molecule has 3 N–H and O–H groups in total. The lowest BCUT2D eigenvalue weighted by molar-refractivity contribution is 0.0690. The van der Waals surface area contributed by atoms with Crippen molar-refractivity contribution in [3.8, 4) is 0 Å². The molecule has 0 aromatic carbocycles. The molecule has 2 amide bonds. The minimum Gasteiger partial charge on any atom is -0.476 e. The average Bonchev–Trinajstić information content (AvgIpc) is 3.05. The van der Waals surface area contributed by atoms with Crippen LogP contribution in [0.4, 0.5) is 4.79 Å². The number of carbonyl (C=O) groups excluding carboxylic acids is 1. The molecule has 0 saturated heterocycles. The van der Waals surface area contributed by atoms with E-state index in [9.17, 15) is 9.59 Å². The fourth-order valence-corrected chi connectivity index (χ4v) is 1.42. The molecule has 11 nitrogen and oxygen atoms in total. The molecule has 0 saturated carbocycles. The number of urea groups is 1. The first-order chi connectivity index (χ1) is 10.0. The third-order valence-electron chi connectivity index (χ3n) is 2.36. The van der Waals surface area contributed by atoms with Crippen LogP contribution >= 0.6 is 0 Å². The molecule has 0 aliphatic heterocycles. The maximum atomic E-state index is 11.5. The Labute approximate surface area is 118 Å². The highest BCUT2D eigenvalue weighted by Crippen LogP contribution is 1.94. The van der Waals surface area contributed by atoms with Crippen LogP contribution in [0.5, 0.6) is 0 Å². The number of carboxylic acids is 1. The molecular formula is C10H13N7O4. The summed E-state index contributed by atoms with van der Waals surface area (Å²) < 4.78 is 6.08. The van der Waals surface area contributed by atoms with E-state index in [0.29, 0.717) is 18.3 Å². The zero-order valence-electron chi connectivity index (χ0n) is 11.1. The molecule has 21 heavy (non-hydrogen) atoms. The van der Waals surface area contributed by atoms with Gasteiger partial charge in [-0.15, -0.1) is 5.10 Å². The quantitative estimate of drug-likeness (QED) is 0.625. The number of aromatic nitrogens is 5. The molecule has 0 bridgehead atoms. The molecule has 2 aromatic heterocycles. The summed E-state index contributed by atoms with van der Waals surface area (Å²) in [6.45, 7) is 2.37. The van der Waals surface area contributed by atoms with Crippen LogP contribution in [0.1, 0.15) is 22.2 Å². The zero-order chi connectivity index (χ0) is 15.2. The Kier molecular flexibility index (Phi) is 4.43. The Bertz CT molecular complexity index is 635. The van der Waals surface area contributed by atoms with Crippen molar-refractivity contribution in [3.05, 3.63) is 23.6 Å². The van der Waals surface area contributed by atoms with Crippen LogP contribution < -0.4 is 10.6 Å². The summed E-state index contributed by atoms with van der Waals surface area (Å²) in [5.41, 5.74) is -0.146. The number of aryl methyl sites for hydroxylation is 1. The van der Waals surface area contributed by atoms with Crippen molar-refractivity contribution in [3.63, 3.8) is 0 Å². The Morgan fingerprint density at radius 3 is 2.86 bits per heavy atom. The number of rotatable bonds is 6. The highest BCUT2D eigenvalue weighted by Gasteiger charge is 2.08. The number of amides is 2. The Hall–Kier alpha value is -2.98. The van der Waals surface area contributed by atoms with Crippen molar-refractivity contribution in [1.29, 1.82) is 0 Å². The van der Waals surface area contributed by atoms with Gasteiger partial charge in [-0.1, -0.05) is 10.4 Å². The maximum absolute atomic E-state index is 11.5. The van der Waals surface area contributed by atoms with Gasteiger partial charge in [0.15, 0.2) is 11.5 Å². The number of nitrogens with zero attached hydrogens (tertiary/aromatic N) is 5. The highest BCUT2D eigenvalue weighted by molar-refractivity contribution is 5.84. The first-order valence-electron chi connectivity index (χ1n) is 5.99. The normalized spacial score (nSPS) is 10.3. The van der Waals surface area contributed by atoms with Gasteiger partial charge in [0, 0.05) is 13.5 Å². The first-order valence-corrected chi connectivity index (χ1v) is 5.99. The SMILES string of the molecule is Cc1nc(CNC(=O)NCCn2cc(C(=O)O)nn2)no1.